The normalized spacial score (nSPS) is 20.1. The quantitative estimate of drug-likeness (QED) is 0.516. The number of nitrogens with zero attached hydrogens (tertiary/aromatic N) is 3. The third-order valence-corrected chi connectivity index (χ3v) is 7.65. The van der Waals surface area contributed by atoms with E-state index in [2.05, 4.69) is 21.4 Å². The van der Waals surface area contributed by atoms with Crippen LogP contribution in [0.1, 0.15) is 57.2 Å². The highest BCUT2D eigenvalue weighted by Gasteiger charge is 2.36. The number of nitrogens with one attached hydrogen (secondary N) is 1. The van der Waals surface area contributed by atoms with Crippen molar-refractivity contribution >= 4 is 22.4 Å². The number of hydrogen-bond acceptors (Lipinski definition) is 5. The Morgan fingerprint density at radius 2 is 1.85 bits per heavy atom. The zero-order chi connectivity index (χ0) is 23.3. The second kappa shape index (κ2) is 8.34. The maximum atomic E-state index is 14.5. The monoisotopic (exact) mass is 465 g/mol. The van der Waals surface area contributed by atoms with Gasteiger partial charge in [-0.1, -0.05) is 18.2 Å². The molecule has 0 bridgehead atoms. The lowest BCUT2D eigenvalue weighted by Crippen LogP contribution is -2.37. The average Bonchev–Trinajstić information content (AvgIpc) is 3.58. The van der Waals surface area contributed by atoms with Crippen molar-refractivity contribution in [2.45, 2.75) is 57.6 Å². The number of halogens is 2. The number of anilines is 1. The molecule has 6 nitrogen and oxygen atoms in total. The van der Waals surface area contributed by atoms with E-state index >= 15 is 0 Å². The molecule has 0 atom stereocenters. The first-order chi connectivity index (χ1) is 16.5. The van der Waals surface area contributed by atoms with Crippen molar-refractivity contribution in [2.75, 3.05) is 18.8 Å². The summed E-state index contributed by atoms with van der Waals surface area (Å²) in [5.74, 6) is 1.00. The fourth-order valence-corrected chi connectivity index (χ4v) is 5.59. The van der Waals surface area contributed by atoms with Gasteiger partial charge < -0.3 is 15.8 Å². The van der Waals surface area contributed by atoms with Crippen LogP contribution >= 0.6 is 0 Å². The number of nitrogen functional groups attached to an aromatic ring is 1. The maximum Gasteiger partial charge on any atom is 0.320 e. The van der Waals surface area contributed by atoms with Gasteiger partial charge >= 0.3 is 6.55 Å². The fraction of sp³-hybridized carbons (Fsp3) is 0.462. The van der Waals surface area contributed by atoms with E-state index in [1.165, 1.54) is 6.33 Å². The first-order valence-corrected chi connectivity index (χ1v) is 12.1. The van der Waals surface area contributed by atoms with Crippen molar-refractivity contribution < 1.29 is 13.5 Å². The largest absolute Gasteiger partial charge is 0.490 e. The van der Waals surface area contributed by atoms with Crippen molar-refractivity contribution in [3.05, 3.63) is 42.4 Å². The third-order valence-electron chi connectivity index (χ3n) is 7.65. The topological polar surface area (TPSA) is 78.0 Å². The van der Waals surface area contributed by atoms with Gasteiger partial charge in [0.2, 0.25) is 0 Å². The number of benzene rings is 1. The van der Waals surface area contributed by atoms with Gasteiger partial charge in [-0.25, -0.2) is 9.97 Å². The summed E-state index contributed by atoms with van der Waals surface area (Å²) in [5, 5.41) is 3.92. The van der Waals surface area contributed by atoms with Gasteiger partial charge in [-0.05, 0) is 86.7 Å². The Morgan fingerprint density at radius 1 is 1.09 bits per heavy atom. The van der Waals surface area contributed by atoms with E-state index in [9.17, 15) is 8.78 Å². The van der Waals surface area contributed by atoms with Crippen molar-refractivity contribution in [1.29, 1.82) is 0 Å². The number of rotatable bonds is 5. The first-order valence-electron chi connectivity index (χ1n) is 12.1. The lowest BCUT2D eigenvalue weighted by atomic mass is 9.68. The highest BCUT2D eigenvalue weighted by atomic mass is 19.3. The Labute approximate surface area is 197 Å². The molecule has 1 aliphatic heterocycles. The third kappa shape index (κ3) is 3.74. The molecule has 1 spiro atoms. The predicted molar refractivity (Wildman–Crippen MR) is 129 cm³/mol. The number of fused-ring (bicyclic) bond motifs is 1. The number of aromatic nitrogens is 3. The second-order valence-corrected chi connectivity index (χ2v) is 9.85. The lowest BCUT2D eigenvalue weighted by Gasteiger charge is -2.40. The van der Waals surface area contributed by atoms with E-state index in [-0.39, 0.29) is 16.9 Å². The molecule has 6 rings (SSSR count). The van der Waals surface area contributed by atoms with Gasteiger partial charge in [0.05, 0.1) is 17.2 Å². The summed E-state index contributed by atoms with van der Waals surface area (Å²) in [6, 6.07) is 7.66. The summed E-state index contributed by atoms with van der Waals surface area (Å²) in [5.41, 5.74) is 9.65. The van der Waals surface area contributed by atoms with Crippen LogP contribution in [0.25, 0.3) is 27.7 Å². The minimum Gasteiger partial charge on any atom is -0.490 e. The zero-order valence-corrected chi connectivity index (χ0v) is 19.1. The summed E-state index contributed by atoms with van der Waals surface area (Å²) >= 11 is 0. The molecule has 2 fully saturated rings. The van der Waals surface area contributed by atoms with Crippen molar-refractivity contribution in [3.8, 4) is 16.9 Å². The van der Waals surface area contributed by atoms with Gasteiger partial charge in [0.15, 0.2) is 5.65 Å². The predicted octanol–water partition coefficient (Wildman–Crippen LogP) is 5.55. The molecule has 3 N–H and O–H groups in total. The molecule has 1 aromatic carbocycles. The van der Waals surface area contributed by atoms with Gasteiger partial charge in [-0.2, -0.15) is 8.78 Å². The highest BCUT2D eigenvalue weighted by molar-refractivity contribution is 6.06. The van der Waals surface area contributed by atoms with E-state index in [0.717, 1.165) is 79.5 Å². The summed E-state index contributed by atoms with van der Waals surface area (Å²) in [7, 11) is 0. The SMILES string of the molecule is Nc1ncnc2c1c(-c1ccc(OC3CC3)cc1)c(C1=CCC3(CCNCC3)CC1)n2C(F)F. The van der Waals surface area contributed by atoms with Crippen LogP contribution in [-0.4, -0.2) is 33.7 Å². The summed E-state index contributed by atoms with van der Waals surface area (Å²) in [6.45, 7) is -0.700. The zero-order valence-electron chi connectivity index (χ0n) is 19.1. The van der Waals surface area contributed by atoms with E-state index in [0.29, 0.717) is 22.7 Å². The molecule has 8 heteroatoms. The highest BCUT2D eigenvalue weighted by Crippen LogP contribution is 2.49. The van der Waals surface area contributed by atoms with Gasteiger partial charge in [-0.15, -0.1) is 0 Å². The summed E-state index contributed by atoms with van der Waals surface area (Å²) in [6.07, 6.45) is 10.8. The van der Waals surface area contributed by atoms with Crippen LogP contribution in [0.2, 0.25) is 0 Å². The first kappa shape index (κ1) is 21.5. The average molecular weight is 466 g/mol. The van der Waals surface area contributed by atoms with E-state index in [4.69, 9.17) is 10.5 Å². The smallest absolute Gasteiger partial charge is 0.320 e. The molecule has 2 aliphatic carbocycles. The molecule has 0 radical (unpaired) electrons. The number of allylic oxidation sites excluding steroid dienone is 2. The van der Waals surface area contributed by atoms with Gasteiger partial charge in [-0.3, -0.25) is 4.57 Å². The molecule has 1 saturated heterocycles. The molecule has 0 amide bonds. The van der Waals surface area contributed by atoms with E-state index < -0.39 is 6.55 Å². The van der Waals surface area contributed by atoms with Crippen molar-refractivity contribution in [3.63, 3.8) is 0 Å². The summed E-state index contributed by atoms with van der Waals surface area (Å²) in [4.78, 5) is 8.39. The molecule has 178 valence electrons. The molecular weight excluding hydrogens is 436 g/mol. The Kier molecular flexibility index (Phi) is 5.28. The van der Waals surface area contributed by atoms with Crippen LogP contribution in [0.3, 0.4) is 0 Å². The van der Waals surface area contributed by atoms with Crippen LogP contribution in [0.4, 0.5) is 14.6 Å². The molecule has 3 aliphatic rings. The van der Waals surface area contributed by atoms with E-state index in [1.807, 2.05) is 24.3 Å². The minimum atomic E-state index is -2.74. The number of ether oxygens (including phenoxy) is 1. The molecule has 1 saturated carbocycles. The van der Waals surface area contributed by atoms with Crippen LogP contribution in [0, 0.1) is 5.41 Å². The Balaban J connectivity index is 1.50. The van der Waals surface area contributed by atoms with Crippen LogP contribution in [0.5, 0.6) is 5.75 Å². The minimum absolute atomic E-state index is 0.175. The van der Waals surface area contributed by atoms with Crippen LogP contribution in [0.15, 0.2) is 36.7 Å². The second-order valence-electron chi connectivity index (χ2n) is 9.85. The molecule has 34 heavy (non-hydrogen) atoms. The van der Waals surface area contributed by atoms with Gasteiger partial charge in [0, 0.05) is 5.56 Å². The standard InChI is InChI=1S/C26H29F2N5O/c27-25(28)33-22(17-7-9-26(10-8-17)11-13-30-14-12-26)20(21-23(29)31-15-32-24(21)33)16-1-3-18(4-2-16)34-19-5-6-19/h1-4,7,15,19,25,30H,5-6,8-14H2,(H2,29,31,32). The van der Waals surface area contributed by atoms with Crippen molar-refractivity contribution in [1.82, 2.24) is 19.9 Å². The summed E-state index contributed by atoms with van der Waals surface area (Å²) < 4.78 is 36.0. The molecule has 0 unspecified atom stereocenters. The lowest BCUT2D eigenvalue weighted by molar-refractivity contribution is 0.0737. The molecular formula is C26H29F2N5O. The molecule has 2 aromatic heterocycles. The number of nitrogens with two attached hydrogens (primary N) is 1. The Bertz CT molecular complexity index is 1240. The Hall–Kier alpha value is -3.00. The fourth-order valence-electron chi connectivity index (χ4n) is 5.59. The van der Waals surface area contributed by atoms with Crippen molar-refractivity contribution in [2.24, 2.45) is 5.41 Å². The Morgan fingerprint density at radius 3 is 2.50 bits per heavy atom. The molecule has 3 heterocycles. The van der Waals surface area contributed by atoms with Gasteiger partial charge in [0.1, 0.15) is 17.9 Å². The van der Waals surface area contributed by atoms with E-state index in [1.54, 1.807) is 0 Å². The molecule has 3 aromatic rings. The van der Waals surface area contributed by atoms with Crippen LogP contribution in [-0.2, 0) is 0 Å². The van der Waals surface area contributed by atoms with Crippen LogP contribution < -0.4 is 15.8 Å². The number of hydrogen-bond donors (Lipinski definition) is 2. The number of piperidine rings is 1. The maximum absolute atomic E-state index is 14.5. The van der Waals surface area contributed by atoms with Gasteiger partial charge in [0.25, 0.3) is 0 Å². The number of alkyl halides is 2.